The van der Waals surface area contributed by atoms with Gasteiger partial charge in [0.05, 0.1) is 0 Å². The van der Waals surface area contributed by atoms with Crippen molar-refractivity contribution >= 4 is 5.91 Å². The van der Waals surface area contributed by atoms with Gasteiger partial charge in [-0.2, -0.15) is 0 Å². The smallest absolute Gasteiger partial charge is 0.224 e. The third-order valence-electron chi connectivity index (χ3n) is 4.06. The molecule has 2 fully saturated rings. The van der Waals surface area contributed by atoms with E-state index in [-0.39, 0.29) is 6.04 Å². The maximum atomic E-state index is 12.2. The Hall–Kier alpha value is -0.570. The van der Waals surface area contributed by atoms with E-state index in [1.807, 2.05) is 0 Å². The Morgan fingerprint density at radius 3 is 2.75 bits per heavy atom. The molecule has 92 valence electrons. The monoisotopic (exact) mass is 224 g/mol. The lowest BCUT2D eigenvalue weighted by Gasteiger charge is -2.36. The van der Waals surface area contributed by atoms with Crippen LogP contribution in [0.25, 0.3) is 0 Å². The Morgan fingerprint density at radius 2 is 2.12 bits per heavy atom. The number of hydrogen-bond donors (Lipinski definition) is 1. The quantitative estimate of drug-likeness (QED) is 0.793. The van der Waals surface area contributed by atoms with Gasteiger partial charge in [0.15, 0.2) is 0 Å². The van der Waals surface area contributed by atoms with Crippen molar-refractivity contribution in [2.75, 3.05) is 6.54 Å². The zero-order chi connectivity index (χ0) is 11.5. The first-order chi connectivity index (χ1) is 7.72. The van der Waals surface area contributed by atoms with E-state index in [1.165, 1.54) is 32.1 Å². The molecule has 0 aromatic carbocycles. The molecule has 1 heterocycles. The van der Waals surface area contributed by atoms with Crippen LogP contribution in [-0.4, -0.2) is 29.4 Å². The van der Waals surface area contributed by atoms with Crippen LogP contribution in [0.3, 0.4) is 0 Å². The largest absolute Gasteiger partial charge is 0.340 e. The molecule has 2 rings (SSSR count). The lowest BCUT2D eigenvalue weighted by atomic mass is 9.98. The molecule has 0 bridgehead atoms. The maximum Gasteiger partial charge on any atom is 0.224 e. The number of piperidine rings is 1. The van der Waals surface area contributed by atoms with Crippen molar-refractivity contribution in [3.63, 3.8) is 0 Å². The number of rotatable bonds is 4. The van der Waals surface area contributed by atoms with Gasteiger partial charge in [0, 0.05) is 25.0 Å². The summed E-state index contributed by atoms with van der Waals surface area (Å²) in [5, 5.41) is 0. The van der Waals surface area contributed by atoms with Crippen LogP contribution in [-0.2, 0) is 4.79 Å². The highest BCUT2D eigenvalue weighted by atomic mass is 16.2. The topological polar surface area (TPSA) is 46.3 Å². The van der Waals surface area contributed by atoms with E-state index in [2.05, 4.69) is 11.8 Å². The van der Waals surface area contributed by atoms with E-state index in [1.54, 1.807) is 0 Å². The second kappa shape index (κ2) is 5.17. The Bertz CT molecular complexity index is 250. The second-order valence-electron chi connectivity index (χ2n) is 5.35. The highest BCUT2D eigenvalue weighted by molar-refractivity contribution is 5.77. The number of carbonyl (C=O) groups is 1. The molecule has 2 atom stereocenters. The Balaban J connectivity index is 1.85. The van der Waals surface area contributed by atoms with E-state index in [0.717, 1.165) is 13.0 Å². The highest BCUT2D eigenvalue weighted by Gasteiger charge is 2.32. The van der Waals surface area contributed by atoms with Crippen LogP contribution in [0.5, 0.6) is 0 Å². The van der Waals surface area contributed by atoms with Gasteiger partial charge in [-0.25, -0.2) is 0 Å². The molecule has 2 aliphatic rings. The Morgan fingerprint density at radius 1 is 1.38 bits per heavy atom. The summed E-state index contributed by atoms with van der Waals surface area (Å²) in [6.07, 6.45) is 7.74. The highest BCUT2D eigenvalue weighted by Crippen LogP contribution is 2.33. The van der Waals surface area contributed by atoms with E-state index < -0.39 is 0 Å². The van der Waals surface area contributed by atoms with Crippen molar-refractivity contribution in [3.8, 4) is 0 Å². The molecule has 1 aliphatic heterocycles. The molecule has 0 radical (unpaired) electrons. The van der Waals surface area contributed by atoms with Gasteiger partial charge < -0.3 is 10.6 Å². The lowest BCUT2D eigenvalue weighted by Crippen LogP contribution is -2.45. The molecule has 1 amide bonds. The molecule has 1 saturated carbocycles. The minimum absolute atomic E-state index is 0.118. The number of carbonyl (C=O) groups excluding carboxylic acids is 1. The summed E-state index contributed by atoms with van der Waals surface area (Å²) >= 11 is 0. The summed E-state index contributed by atoms with van der Waals surface area (Å²) < 4.78 is 0. The molecule has 2 unspecified atom stereocenters. The molecule has 3 nitrogen and oxygen atoms in total. The van der Waals surface area contributed by atoms with E-state index in [4.69, 9.17) is 5.73 Å². The standard InChI is InChI=1S/C13H24N2O/c1-2-11-5-3-4-8-15(11)13(16)9-12(14)10-6-7-10/h10-12H,2-9,14H2,1H3. The van der Waals surface area contributed by atoms with Gasteiger partial charge in [0.1, 0.15) is 0 Å². The summed E-state index contributed by atoms with van der Waals surface area (Å²) in [4.78, 5) is 14.2. The van der Waals surface area contributed by atoms with Crippen LogP contribution in [0.4, 0.5) is 0 Å². The molecule has 1 saturated heterocycles. The van der Waals surface area contributed by atoms with Gasteiger partial charge in [-0.1, -0.05) is 6.92 Å². The minimum atomic E-state index is 0.118. The Labute approximate surface area is 98.4 Å². The van der Waals surface area contributed by atoms with Crippen molar-refractivity contribution in [2.24, 2.45) is 11.7 Å². The average Bonchev–Trinajstić information content (AvgIpc) is 3.12. The number of nitrogens with zero attached hydrogens (tertiary/aromatic N) is 1. The van der Waals surface area contributed by atoms with E-state index >= 15 is 0 Å². The van der Waals surface area contributed by atoms with Crippen molar-refractivity contribution in [1.29, 1.82) is 0 Å². The summed E-state index contributed by atoms with van der Waals surface area (Å²) in [7, 11) is 0. The Kier molecular flexibility index (Phi) is 3.85. The first kappa shape index (κ1) is 11.9. The minimum Gasteiger partial charge on any atom is -0.340 e. The number of hydrogen-bond acceptors (Lipinski definition) is 2. The first-order valence-corrected chi connectivity index (χ1v) is 6.77. The average molecular weight is 224 g/mol. The lowest BCUT2D eigenvalue weighted by molar-refractivity contribution is -0.135. The SMILES string of the molecule is CCC1CCCCN1C(=O)CC(N)C1CC1. The van der Waals surface area contributed by atoms with Crippen LogP contribution < -0.4 is 5.73 Å². The first-order valence-electron chi connectivity index (χ1n) is 6.77. The second-order valence-corrected chi connectivity index (χ2v) is 5.35. The number of nitrogens with two attached hydrogens (primary N) is 1. The van der Waals surface area contributed by atoms with E-state index in [9.17, 15) is 4.79 Å². The fraction of sp³-hybridized carbons (Fsp3) is 0.923. The molecular formula is C13H24N2O. The molecular weight excluding hydrogens is 200 g/mol. The van der Waals surface area contributed by atoms with Crippen LogP contribution in [0.1, 0.15) is 51.9 Å². The molecule has 2 N–H and O–H groups in total. The van der Waals surface area contributed by atoms with Crippen LogP contribution >= 0.6 is 0 Å². The maximum absolute atomic E-state index is 12.2. The van der Waals surface area contributed by atoms with Crippen molar-refractivity contribution in [1.82, 2.24) is 4.90 Å². The van der Waals surface area contributed by atoms with Gasteiger partial charge in [-0.3, -0.25) is 4.79 Å². The van der Waals surface area contributed by atoms with Gasteiger partial charge in [-0.05, 0) is 44.4 Å². The summed E-state index contributed by atoms with van der Waals surface area (Å²) in [5.41, 5.74) is 6.03. The molecule has 16 heavy (non-hydrogen) atoms. The predicted octanol–water partition coefficient (Wildman–Crippen LogP) is 1.90. The molecule has 0 aromatic rings. The van der Waals surface area contributed by atoms with Gasteiger partial charge in [-0.15, -0.1) is 0 Å². The van der Waals surface area contributed by atoms with Gasteiger partial charge >= 0.3 is 0 Å². The van der Waals surface area contributed by atoms with Crippen LogP contribution in [0.2, 0.25) is 0 Å². The van der Waals surface area contributed by atoms with Crippen molar-refractivity contribution in [3.05, 3.63) is 0 Å². The zero-order valence-electron chi connectivity index (χ0n) is 10.3. The zero-order valence-corrected chi connectivity index (χ0v) is 10.3. The van der Waals surface area contributed by atoms with Crippen LogP contribution in [0.15, 0.2) is 0 Å². The predicted molar refractivity (Wildman–Crippen MR) is 65.0 cm³/mol. The number of likely N-dealkylation sites (tertiary alicyclic amines) is 1. The third-order valence-corrected chi connectivity index (χ3v) is 4.06. The normalized spacial score (nSPS) is 27.9. The van der Waals surface area contributed by atoms with Crippen LogP contribution in [0, 0.1) is 5.92 Å². The van der Waals surface area contributed by atoms with Gasteiger partial charge in [0.25, 0.3) is 0 Å². The fourth-order valence-electron chi connectivity index (χ4n) is 2.76. The molecule has 0 spiro atoms. The molecule has 3 heteroatoms. The van der Waals surface area contributed by atoms with Crippen molar-refractivity contribution < 1.29 is 4.79 Å². The van der Waals surface area contributed by atoms with E-state index in [0.29, 0.717) is 24.3 Å². The molecule has 0 aromatic heterocycles. The number of amides is 1. The summed E-state index contributed by atoms with van der Waals surface area (Å²) in [6, 6.07) is 0.597. The molecule has 1 aliphatic carbocycles. The van der Waals surface area contributed by atoms with Crippen molar-refractivity contribution in [2.45, 2.75) is 64.0 Å². The summed E-state index contributed by atoms with van der Waals surface area (Å²) in [6.45, 7) is 3.13. The van der Waals surface area contributed by atoms with Gasteiger partial charge in [0.2, 0.25) is 5.91 Å². The third kappa shape index (κ3) is 2.76. The summed E-state index contributed by atoms with van der Waals surface area (Å²) in [5.74, 6) is 0.930. The fourth-order valence-corrected chi connectivity index (χ4v) is 2.76.